The second-order valence-electron chi connectivity index (χ2n) is 10.7. The first kappa shape index (κ1) is 22.8. The third kappa shape index (κ3) is 3.60. The molecule has 188 valence electrons. The Morgan fingerprint density at radius 2 is 1.71 bits per heavy atom. The molecule has 0 aliphatic heterocycles. The maximum Gasteiger partial charge on any atom is 0.188 e. The van der Waals surface area contributed by atoms with Gasteiger partial charge in [-0.1, -0.05) is 54.6 Å². The minimum Gasteiger partial charge on any atom is -0.390 e. The van der Waals surface area contributed by atoms with E-state index in [1.807, 2.05) is 59.6 Å². The highest BCUT2D eigenvalue weighted by Crippen LogP contribution is 2.46. The molecule has 0 amide bonds. The van der Waals surface area contributed by atoms with E-state index in [1.165, 1.54) is 0 Å². The quantitative estimate of drug-likeness (QED) is 0.362. The first-order chi connectivity index (χ1) is 18.3. The summed E-state index contributed by atoms with van der Waals surface area (Å²) < 4.78 is 3.85. The van der Waals surface area contributed by atoms with Crippen LogP contribution < -0.4 is 5.73 Å². The zero-order chi connectivity index (χ0) is 26.1. The molecule has 0 spiro atoms. The Hall–Kier alpha value is -4.40. The fourth-order valence-electron chi connectivity index (χ4n) is 5.83. The molecule has 1 fully saturated rings. The highest BCUT2D eigenvalue weighted by atomic mass is 16.3. The average molecular weight is 502 g/mol. The summed E-state index contributed by atoms with van der Waals surface area (Å²) in [6.07, 6.45) is 6.74. The molecule has 0 unspecified atom stereocenters. The molecule has 1 aliphatic rings. The van der Waals surface area contributed by atoms with Crippen LogP contribution in [0, 0.1) is 0 Å². The van der Waals surface area contributed by atoms with Gasteiger partial charge in [-0.2, -0.15) is 0 Å². The second kappa shape index (κ2) is 8.05. The molecule has 4 aromatic heterocycles. The molecule has 6 aromatic rings. The lowest BCUT2D eigenvalue weighted by molar-refractivity contribution is -0.0738. The lowest BCUT2D eigenvalue weighted by atomic mass is 9.63. The number of imidazole rings is 1. The molecule has 0 saturated heterocycles. The van der Waals surface area contributed by atoms with Crippen molar-refractivity contribution >= 4 is 16.6 Å². The van der Waals surface area contributed by atoms with Gasteiger partial charge in [-0.15, -0.1) is 10.2 Å². The molecular weight excluding hydrogens is 474 g/mol. The minimum absolute atomic E-state index is 0.494. The summed E-state index contributed by atoms with van der Waals surface area (Å²) >= 11 is 0. The van der Waals surface area contributed by atoms with Crippen molar-refractivity contribution in [3.8, 4) is 33.9 Å². The van der Waals surface area contributed by atoms with Crippen molar-refractivity contribution in [1.29, 1.82) is 0 Å². The summed E-state index contributed by atoms with van der Waals surface area (Å²) in [7, 11) is 1.93. The summed E-state index contributed by atoms with van der Waals surface area (Å²) in [6, 6.07) is 22.7. The smallest absolute Gasteiger partial charge is 0.188 e. The van der Waals surface area contributed by atoms with Crippen molar-refractivity contribution in [3.63, 3.8) is 0 Å². The van der Waals surface area contributed by atoms with Crippen LogP contribution in [0.5, 0.6) is 0 Å². The van der Waals surface area contributed by atoms with Gasteiger partial charge in [0.1, 0.15) is 5.69 Å². The van der Waals surface area contributed by atoms with Crippen LogP contribution >= 0.6 is 0 Å². The molecule has 8 heteroatoms. The van der Waals surface area contributed by atoms with Gasteiger partial charge in [0, 0.05) is 41.5 Å². The Kier molecular flexibility index (Phi) is 4.82. The molecule has 38 heavy (non-hydrogen) atoms. The summed E-state index contributed by atoms with van der Waals surface area (Å²) in [5.74, 6) is 0.689. The number of fused-ring (bicyclic) bond motifs is 3. The largest absolute Gasteiger partial charge is 0.390 e. The van der Waals surface area contributed by atoms with Crippen LogP contribution in [0.4, 0.5) is 0 Å². The second-order valence-corrected chi connectivity index (χ2v) is 10.7. The number of nitrogens with zero attached hydrogens (tertiary/aromatic N) is 6. The Bertz CT molecular complexity index is 1810. The first-order valence-electron chi connectivity index (χ1n) is 12.6. The monoisotopic (exact) mass is 501 g/mol. The van der Waals surface area contributed by atoms with Crippen LogP contribution in [0.2, 0.25) is 0 Å². The number of hydrogen-bond acceptors (Lipinski definition) is 6. The molecule has 8 nitrogen and oxygen atoms in total. The van der Waals surface area contributed by atoms with E-state index in [4.69, 9.17) is 10.7 Å². The van der Waals surface area contributed by atoms with Crippen LogP contribution in [0.3, 0.4) is 0 Å². The number of aryl methyl sites for hydroxylation is 1. The van der Waals surface area contributed by atoms with Crippen molar-refractivity contribution < 1.29 is 5.11 Å². The molecule has 1 aliphatic carbocycles. The van der Waals surface area contributed by atoms with Gasteiger partial charge in [-0.25, -0.2) is 9.97 Å². The average Bonchev–Trinajstić information content (AvgIpc) is 3.53. The van der Waals surface area contributed by atoms with Crippen molar-refractivity contribution in [1.82, 2.24) is 29.1 Å². The van der Waals surface area contributed by atoms with E-state index in [0.29, 0.717) is 18.7 Å². The lowest BCUT2D eigenvalue weighted by Crippen LogP contribution is -2.58. The Labute approximate surface area is 219 Å². The van der Waals surface area contributed by atoms with Crippen LogP contribution in [-0.2, 0) is 12.6 Å². The maximum atomic E-state index is 10.2. The van der Waals surface area contributed by atoms with Gasteiger partial charge in [0.2, 0.25) is 0 Å². The number of aliphatic hydroxyl groups is 1. The van der Waals surface area contributed by atoms with Crippen LogP contribution in [0.25, 0.3) is 50.5 Å². The molecule has 0 bridgehead atoms. The minimum atomic E-state index is -0.697. The normalized spacial score (nSPS) is 21.2. The molecule has 0 radical (unpaired) electrons. The van der Waals surface area contributed by atoms with E-state index < -0.39 is 11.1 Å². The maximum absolute atomic E-state index is 10.2. The van der Waals surface area contributed by atoms with Crippen LogP contribution in [0.1, 0.15) is 25.3 Å². The molecule has 0 atom stereocenters. The fraction of sp³-hybridized carbons (Fsp3) is 0.200. The number of rotatable bonds is 4. The highest BCUT2D eigenvalue weighted by molar-refractivity contribution is 5.98. The molecule has 1 saturated carbocycles. The van der Waals surface area contributed by atoms with Crippen molar-refractivity contribution in [2.24, 2.45) is 12.8 Å². The molecular formula is C30H27N7O. The zero-order valence-corrected chi connectivity index (χ0v) is 21.2. The van der Waals surface area contributed by atoms with Crippen molar-refractivity contribution in [3.05, 3.63) is 91.0 Å². The van der Waals surface area contributed by atoms with Gasteiger partial charge in [0.15, 0.2) is 11.5 Å². The number of pyridine rings is 2. The van der Waals surface area contributed by atoms with E-state index in [9.17, 15) is 5.11 Å². The van der Waals surface area contributed by atoms with E-state index in [2.05, 4.69) is 57.6 Å². The van der Waals surface area contributed by atoms with Gasteiger partial charge in [-0.3, -0.25) is 4.40 Å². The number of hydrogen-bond donors (Lipinski definition) is 2. The lowest BCUT2D eigenvalue weighted by Gasteiger charge is -2.49. The number of nitrogens with two attached hydrogens (primary N) is 1. The summed E-state index contributed by atoms with van der Waals surface area (Å²) in [4.78, 5) is 9.59. The van der Waals surface area contributed by atoms with Crippen LogP contribution in [0.15, 0.2) is 85.5 Å². The van der Waals surface area contributed by atoms with Gasteiger partial charge < -0.3 is 15.4 Å². The van der Waals surface area contributed by atoms with E-state index in [1.54, 1.807) is 6.33 Å². The predicted molar refractivity (Wildman–Crippen MR) is 147 cm³/mol. The SMILES string of the molecule is Cn1cnc(-c2nnc3c4cc(-c5ccccc5)c(-c5ccc(C6(N)CC(C)(O)C6)cc5)nc4ccn23)c1. The third-order valence-electron chi connectivity index (χ3n) is 7.51. The van der Waals surface area contributed by atoms with E-state index >= 15 is 0 Å². The molecule has 7 rings (SSSR count). The molecule has 2 aromatic carbocycles. The first-order valence-corrected chi connectivity index (χ1v) is 12.6. The number of aromatic nitrogens is 6. The summed E-state index contributed by atoms with van der Waals surface area (Å²) in [5, 5.41) is 20.1. The van der Waals surface area contributed by atoms with Crippen LogP contribution in [-0.4, -0.2) is 39.8 Å². The van der Waals surface area contributed by atoms with Gasteiger partial charge in [0.25, 0.3) is 0 Å². The zero-order valence-electron chi connectivity index (χ0n) is 21.2. The fourth-order valence-corrected chi connectivity index (χ4v) is 5.83. The summed E-state index contributed by atoms with van der Waals surface area (Å²) in [6.45, 7) is 1.84. The Morgan fingerprint density at radius 1 is 0.947 bits per heavy atom. The highest BCUT2D eigenvalue weighted by Gasteiger charge is 2.49. The van der Waals surface area contributed by atoms with E-state index in [0.717, 1.165) is 50.2 Å². The topological polar surface area (TPSA) is 107 Å². The molecule has 3 N–H and O–H groups in total. The summed E-state index contributed by atoms with van der Waals surface area (Å²) in [5.41, 5.74) is 12.7. The van der Waals surface area contributed by atoms with Gasteiger partial charge >= 0.3 is 0 Å². The van der Waals surface area contributed by atoms with Gasteiger partial charge in [0.05, 0.1) is 23.1 Å². The Balaban J connectivity index is 1.38. The van der Waals surface area contributed by atoms with Gasteiger partial charge in [-0.05, 0) is 43.0 Å². The van der Waals surface area contributed by atoms with E-state index in [-0.39, 0.29) is 0 Å². The standard InChI is InChI=1S/C30H27N7O/c1-29(38)16-30(31,17-29)21-10-8-20(9-11-21)26-22(19-6-4-3-5-7-19)14-23-24(33-26)12-13-37-27(23)34-35-28(37)25-15-36(2)18-32-25/h3-15,18,38H,16-17,31H2,1-2H3. The molecule has 4 heterocycles. The third-order valence-corrected chi connectivity index (χ3v) is 7.51. The predicted octanol–water partition coefficient (Wildman–Crippen LogP) is 4.71. The van der Waals surface area contributed by atoms with Crippen molar-refractivity contribution in [2.75, 3.05) is 0 Å². The van der Waals surface area contributed by atoms with Crippen molar-refractivity contribution in [2.45, 2.75) is 30.9 Å². The number of benzene rings is 2. The Morgan fingerprint density at radius 3 is 2.39 bits per heavy atom.